The summed E-state index contributed by atoms with van der Waals surface area (Å²) in [7, 11) is -3.75. The monoisotopic (exact) mass is 318 g/mol. The van der Waals surface area contributed by atoms with E-state index in [0.717, 1.165) is 5.56 Å². The molecule has 112 valence electrons. The highest BCUT2D eigenvalue weighted by Crippen LogP contribution is 2.31. The van der Waals surface area contributed by atoms with Gasteiger partial charge in [0, 0.05) is 12.3 Å². The van der Waals surface area contributed by atoms with E-state index in [0.29, 0.717) is 18.7 Å². The highest BCUT2D eigenvalue weighted by Gasteiger charge is 2.41. The van der Waals surface area contributed by atoms with Crippen molar-refractivity contribution in [2.75, 3.05) is 12.3 Å². The lowest BCUT2D eigenvalue weighted by atomic mass is 9.97. The first-order chi connectivity index (χ1) is 9.16. The van der Waals surface area contributed by atoms with Crippen LogP contribution in [-0.2, 0) is 14.8 Å². The fourth-order valence-corrected chi connectivity index (χ4v) is 4.32. The third-order valence-corrected chi connectivity index (χ3v) is 5.94. The maximum atomic E-state index is 12.5. The van der Waals surface area contributed by atoms with Gasteiger partial charge in [-0.05, 0) is 44.9 Å². The topological polar surface area (TPSA) is 81.4 Å². The summed E-state index contributed by atoms with van der Waals surface area (Å²) in [5.74, 6) is 0. The van der Waals surface area contributed by atoms with Crippen molar-refractivity contribution in [3.8, 4) is 0 Å². The summed E-state index contributed by atoms with van der Waals surface area (Å²) in [6, 6.07) is 2.95. The van der Waals surface area contributed by atoms with Crippen LogP contribution in [0.4, 0.5) is 5.69 Å². The number of aryl methyl sites for hydroxylation is 1. The summed E-state index contributed by atoms with van der Waals surface area (Å²) in [4.78, 5) is 0.00240. The van der Waals surface area contributed by atoms with Gasteiger partial charge in [-0.3, -0.25) is 0 Å². The molecule has 5 nitrogen and oxygen atoms in total. The van der Waals surface area contributed by atoms with Gasteiger partial charge in [0.2, 0.25) is 10.0 Å². The number of rotatable bonds is 3. The second-order valence-electron chi connectivity index (χ2n) is 5.43. The van der Waals surface area contributed by atoms with E-state index in [2.05, 4.69) is 4.72 Å². The van der Waals surface area contributed by atoms with Gasteiger partial charge in [-0.15, -0.1) is 0 Å². The van der Waals surface area contributed by atoms with E-state index in [4.69, 9.17) is 22.1 Å². The molecule has 0 amide bonds. The second kappa shape index (κ2) is 5.18. The smallest absolute Gasteiger partial charge is 0.242 e. The molecule has 1 aromatic rings. The van der Waals surface area contributed by atoms with Crippen molar-refractivity contribution in [2.24, 2.45) is 0 Å². The molecule has 2 rings (SSSR count). The van der Waals surface area contributed by atoms with Crippen LogP contribution in [0, 0.1) is 6.92 Å². The number of nitrogens with one attached hydrogen (secondary N) is 1. The quantitative estimate of drug-likeness (QED) is 0.836. The van der Waals surface area contributed by atoms with Gasteiger partial charge in [0.1, 0.15) is 4.90 Å². The Hall–Kier alpha value is -0.820. The fraction of sp³-hybridized carbons (Fsp3) is 0.538. The SMILES string of the molecule is Cc1cc(Cl)c(S(=O)(=O)NC2(C)CCOC2C)cc1N. The fourth-order valence-electron chi connectivity index (χ4n) is 2.21. The van der Waals surface area contributed by atoms with Crippen molar-refractivity contribution in [1.82, 2.24) is 4.72 Å². The van der Waals surface area contributed by atoms with Gasteiger partial charge in [-0.25, -0.2) is 13.1 Å². The summed E-state index contributed by atoms with van der Waals surface area (Å²) in [6.07, 6.45) is 0.422. The lowest BCUT2D eigenvalue weighted by molar-refractivity contribution is 0.0957. The Labute approximate surface area is 124 Å². The van der Waals surface area contributed by atoms with Crippen LogP contribution in [0.2, 0.25) is 5.02 Å². The maximum Gasteiger partial charge on any atom is 0.242 e. The molecule has 1 aliphatic rings. The van der Waals surface area contributed by atoms with Gasteiger partial charge in [0.15, 0.2) is 0 Å². The van der Waals surface area contributed by atoms with Crippen LogP contribution in [0.1, 0.15) is 25.8 Å². The Morgan fingerprint density at radius 2 is 2.15 bits per heavy atom. The lowest BCUT2D eigenvalue weighted by Crippen LogP contribution is -2.50. The largest absolute Gasteiger partial charge is 0.398 e. The minimum atomic E-state index is -3.75. The van der Waals surface area contributed by atoms with Crippen molar-refractivity contribution in [1.29, 1.82) is 0 Å². The summed E-state index contributed by atoms with van der Waals surface area (Å²) in [5.41, 5.74) is 6.29. The average Bonchev–Trinajstić information content (AvgIpc) is 2.63. The van der Waals surface area contributed by atoms with E-state index >= 15 is 0 Å². The number of ether oxygens (including phenoxy) is 1. The van der Waals surface area contributed by atoms with E-state index in [-0.39, 0.29) is 16.0 Å². The molecule has 2 atom stereocenters. The summed E-state index contributed by atoms with van der Waals surface area (Å²) >= 11 is 6.05. The molecule has 0 aromatic heterocycles. The molecule has 1 saturated heterocycles. The van der Waals surface area contributed by atoms with Crippen LogP contribution in [0.15, 0.2) is 17.0 Å². The zero-order valence-corrected chi connectivity index (χ0v) is 13.3. The Morgan fingerprint density at radius 3 is 2.70 bits per heavy atom. The van der Waals surface area contributed by atoms with Crippen LogP contribution in [0.25, 0.3) is 0 Å². The molecule has 0 bridgehead atoms. The molecule has 0 radical (unpaired) electrons. The lowest BCUT2D eigenvalue weighted by Gasteiger charge is -2.28. The van der Waals surface area contributed by atoms with E-state index in [1.54, 1.807) is 13.0 Å². The van der Waals surface area contributed by atoms with Gasteiger partial charge in [-0.1, -0.05) is 11.6 Å². The van der Waals surface area contributed by atoms with E-state index in [1.165, 1.54) is 6.07 Å². The molecule has 0 spiro atoms. The van der Waals surface area contributed by atoms with Crippen molar-refractivity contribution in [3.63, 3.8) is 0 Å². The number of hydrogen-bond acceptors (Lipinski definition) is 4. The highest BCUT2D eigenvalue weighted by molar-refractivity contribution is 7.89. The van der Waals surface area contributed by atoms with Crippen LogP contribution in [0.5, 0.6) is 0 Å². The number of anilines is 1. The van der Waals surface area contributed by atoms with Crippen molar-refractivity contribution in [2.45, 2.75) is 43.7 Å². The van der Waals surface area contributed by atoms with Crippen molar-refractivity contribution in [3.05, 3.63) is 22.7 Å². The van der Waals surface area contributed by atoms with Gasteiger partial charge < -0.3 is 10.5 Å². The molecule has 1 aromatic carbocycles. The predicted octanol–water partition coefficient (Wildman–Crippen LogP) is 2.08. The summed E-state index contributed by atoms with van der Waals surface area (Å²) < 4.78 is 33.2. The minimum absolute atomic E-state index is 0.00240. The number of sulfonamides is 1. The minimum Gasteiger partial charge on any atom is -0.398 e. The molecule has 1 aliphatic heterocycles. The molecule has 7 heteroatoms. The molecule has 0 aliphatic carbocycles. The molecular formula is C13H19ClN2O3S. The van der Waals surface area contributed by atoms with E-state index < -0.39 is 15.6 Å². The second-order valence-corrected chi connectivity index (χ2v) is 7.48. The number of nitrogens with two attached hydrogens (primary N) is 1. The summed E-state index contributed by atoms with van der Waals surface area (Å²) in [6.45, 7) is 5.98. The Balaban J connectivity index is 2.39. The molecule has 1 heterocycles. The molecule has 3 N–H and O–H groups in total. The zero-order valence-electron chi connectivity index (χ0n) is 11.7. The third kappa shape index (κ3) is 2.79. The molecular weight excluding hydrogens is 300 g/mol. The first-order valence-corrected chi connectivity index (χ1v) is 8.23. The summed E-state index contributed by atoms with van der Waals surface area (Å²) in [5, 5.41) is 0.166. The number of halogens is 1. The van der Waals surface area contributed by atoms with Crippen LogP contribution < -0.4 is 10.5 Å². The Bertz CT molecular complexity index is 633. The van der Waals surface area contributed by atoms with Crippen LogP contribution >= 0.6 is 11.6 Å². The van der Waals surface area contributed by atoms with Crippen LogP contribution in [-0.4, -0.2) is 26.7 Å². The normalized spacial score (nSPS) is 26.9. The molecule has 2 unspecified atom stereocenters. The molecule has 0 saturated carbocycles. The van der Waals surface area contributed by atoms with Gasteiger partial charge in [0.05, 0.1) is 16.7 Å². The zero-order chi connectivity index (χ0) is 15.1. The maximum absolute atomic E-state index is 12.5. The number of benzene rings is 1. The molecule has 1 fully saturated rings. The predicted molar refractivity (Wildman–Crippen MR) is 79.4 cm³/mol. The Kier molecular flexibility index (Phi) is 4.03. The van der Waals surface area contributed by atoms with Gasteiger partial charge >= 0.3 is 0 Å². The highest BCUT2D eigenvalue weighted by atomic mass is 35.5. The number of nitrogen functional groups attached to an aromatic ring is 1. The van der Waals surface area contributed by atoms with Gasteiger partial charge in [0.25, 0.3) is 0 Å². The third-order valence-electron chi connectivity index (χ3n) is 3.86. The van der Waals surface area contributed by atoms with Crippen LogP contribution in [0.3, 0.4) is 0 Å². The first-order valence-electron chi connectivity index (χ1n) is 6.37. The first kappa shape index (κ1) is 15.6. The van der Waals surface area contributed by atoms with Gasteiger partial charge in [-0.2, -0.15) is 0 Å². The number of hydrogen-bond donors (Lipinski definition) is 2. The van der Waals surface area contributed by atoms with Crippen molar-refractivity contribution >= 4 is 27.3 Å². The molecule has 20 heavy (non-hydrogen) atoms. The van der Waals surface area contributed by atoms with E-state index in [1.807, 2.05) is 13.8 Å². The average molecular weight is 319 g/mol. The standard InChI is InChI=1S/C13H19ClN2O3S/c1-8-6-10(14)12(7-11(8)15)20(17,18)16-13(3)4-5-19-9(13)2/h6-7,9,16H,4-5,15H2,1-3H3. The van der Waals surface area contributed by atoms with Crippen molar-refractivity contribution < 1.29 is 13.2 Å². The van der Waals surface area contributed by atoms with E-state index in [9.17, 15) is 8.42 Å². The Morgan fingerprint density at radius 1 is 1.50 bits per heavy atom.